The van der Waals surface area contributed by atoms with Crippen LogP contribution in [-0.2, 0) is 20.8 Å². The maximum Gasteiger partial charge on any atom is 0.236 e. The van der Waals surface area contributed by atoms with Crippen molar-refractivity contribution in [2.75, 3.05) is 32.8 Å². The number of hydrogen-bond acceptors (Lipinski definition) is 4. The minimum atomic E-state index is -0.461. The number of amides is 1. The van der Waals surface area contributed by atoms with Crippen molar-refractivity contribution in [3.8, 4) is 0 Å². The Kier molecular flexibility index (Phi) is 4.71. The van der Waals surface area contributed by atoms with E-state index in [0.717, 1.165) is 0 Å². The number of carbonyl (C=O) groups is 1. The molecule has 0 unspecified atom stereocenters. The molecule has 0 aliphatic carbocycles. The molecule has 0 radical (unpaired) electrons. The third kappa shape index (κ3) is 3.45. The molecule has 0 saturated carbocycles. The minimum absolute atomic E-state index is 0.0317. The standard InChI is InChI=1S/C16H21FN2O3/c17-14-4-2-1-3-13(14)11-18-12-15(20)19-7-5-16(6-8-19)21-9-10-22-16/h1-4,18H,5-12H2. The van der Waals surface area contributed by atoms with Crippen LogP contribution in [0.4, 0.5) is 4.39 Å². The molecule has 0 aromatic heterocycles. The number of carbonyl (C=O) groups excluding carboxylic acids is 1. The Morgan fingerprint density at radius 3 is 2.59 bits per heavy atom. The molecule has 5 nitrogen and oxygen atoms in total. The molecule has 2 aliphatic rings. The highest BCUT2D eigenvalue weighted by atomic mass is 19.1. The van der Waals surface area contributed by atoms with Crippen LogP contribution in [0.3, 0.4) is 0 Å². The fourth-order valence-electron chi connectivity index (χ4n) is 2.94. The number of hydrogen-bond donors (Lipinski definition) is 1. The predicted octanol–water partition coefficient (Wildman–Crippen LogP) is 1.28. The zero-order valence-corrected chi connectivity index (χ0v) is 12.5. The second-order valence-corrected chi connectivity index (χ2v) is 5.68. The van der Waals surface area contributed by atoms with Crippen molar-refractivity contribution in [1.82, 2.24) is 10.2 Å². The molecule has 0 bridgehead atoms. The Morgan fingerprint density at radius 1 is 1.23 bits per heavy atom. The Morgan fingerprint density at radius 2 is 1.91 bits per heavy atom. The van der Waals surface area contributed by atoms with E-state index in [1.807, 2.05) is 4.90 Å². The molecule has 1 N–H and O–H groups in total. The third-order valence-corrected chi connectivity index (χ3v) is 4.24. The molecule has 2 aliphatic heterocycles. The number of halogens is 1. The first-order valence-corrected chi connectivity index (χ1v) is 7.68. The number of likely N-dealkylation sites (tertiary alicyclic amines) is 1. The van der Waals surface area contributed by atoms with Crippen molar-refractivity contribution in [1.29, 1.82) is 0 Å². The van der Waals surface area contributed by atoms with Gasteiger partial charge in [0, 0.05) is 38.0 Å². The predicted molar refractivity (Wildman–Crippen MR) is 78.6 cm³/mol. The van der Waals surface area contributed by atoms with Gasteiger partial charge in [-0.2, -0.15) is 0 Å². The SMILES string of the molecule is O=C(CNCc1ccccc1F)N1CCC2(CC1)OCCO2. The number of ether oxygens (including phenoxy) is 2. The van der Waals surface area contributed by atoms with E-state index < -0.39 is 5.79 Å². The summed E-state index contributed by atoms with van der Waals surface area (Å²) in [4.78, 5) is 14.0. The average Bonchev–Trinajstić information content (AvgIpc) is 2.98. The number of nitrogens with one attached hydrogen (secondary N) is 1. The largest absolute Gasteiger partial charge is 0.347 e. The van der Waals surface area contributed by atoms with Gasteiger partial charge < -0.3 is 19.7 Å². The summed E-state index contributed by atoms with van der Waals surface area (Å²) < 4.78 is 24.8. The first-order chi connectivity index (χ1) is 10.7. The summed E-state index contributed by atoms with van der Waals surface area (Å²) in [5, 5.41) is 3.01. The van der Waals surface area contributed by atoms with Crippen LogP contribution in [0.25, 0.3) is 0 Å². The summed E-state index contributed by atoms with van der Waals surface area (Å²) >= 11 is 0. The highest BCUT2D eigenvalue weighted by Gasteiger charge is 2.40. The lowest BCUT2D eigenvalue weighted by molar-refractivity contribution is -0.187. The molecule has 1 spiro atoms. The molecule has 120 valence electrons. The van der Waals surface area contributed by atoms with Crippen LogP contribution in [0.15, 0.2) is 24.3 Å². The minimum Gasteiger partial charge on any atom is -0.347 e. The first kappa shape index (κ1) is 15.4. The van der Waals surface area contributed by atoms with Gasteiger partial charge in [0.25, 0.3) is 0 Å². The molecule has 6 heteroatoms. The van der Waals surface area contributed by atoms with Crippen molar-refractivity contribution >= 4 is 5.91 Å². The van der Waals surface area contributed by atoms with Gasteiger partial charge in [0.05, 0.1) is 19.8 Å². The van der Waals surface area contributed by atoms with Gasteiger partial charge in [-0.25, -0.2) is 4.39 Å². The lowest BCUT2D eigenvalue weighted by atomic mass is 10.0. The molecule has 0 atom stereocenters. The fraction of sp³-hybridized carbons (Fsp3) is 0.562. The van der Waals surface area contributed by atoms with Gasteiger partial charge in [-0.05, 0) is 6.07 Å². The highest BCUT2D eigenvalue weighted by molar-refractivity contribution is 5.78. The Hall–Kier alpha value is -1.50. The quantitative estimate of drug-likeness (QED) is 0.910. The van der Waals surface area contributed by atoms with Crippen LogP contribution in [-0.4, -0.2) is 49.4 Å². The number of piperidine rings is 1. The van der Waals surface area contributed by atoms with E-state index in [2.05, 4.69) is 5.32 Å². The van der Waals surface area contributed by atoms with Crippen molar-refractivity contribution in [3.05, 3.63) is 35.6 Å². The van der Waals surface area contributed by atoms with Crippen molar-refractivity contribution in [2.24, 2.45) is 0 Å². The summed E-state index contributed by atoms with van der Waals surface area (Å²) in [6.07, 6.45) is 1.43. The fourth-order valence-corrected chi connectivity index (χ4v) is 2.94. The lowest BCUT2D eigenvalue weighted by Gasteiger charge is -2.37. The van der Waals surface area contributed by atoms with Gasteiger partial charge in [0.1, 0.15) is 5.82 Å². The summed E-state index contributed by atoms with van der Waals surface area (Å²) in [5.41, 5.74) is 0.570. The van der Waals surface area contributed by atoms with Gasteiger partial charge in [-0.3, -0.25) is 4.79 Å². The molecule has 1 aromatic carbocycles. The number of rotatable bonds is 4. The summed E-state index contributed by atoms with van der Waals surface area (Å²) in [7, 11) is 0. The van der Waals surface area contributed by atoms with E-state index >= 15 is 0 Å². The van der Waals surface area contributed by atoms with Crippen molar-refractivity contribution in [3.63, 3.8) is 0 Å². The summed E-state index contributed by atoms with van der Waals surface area (Å²) in [6, 6.07) is 6.57. The van der Waals surface area contributed by atoms with Crippen LogP contribution >= 0.6 is 0 Å². The van der Waals surface area contributed by atoms with E-state index in [-0.39, 0.29) is 18.3 Å². The van der Waals surface area contributed by atoms with Crippen molar-refractivity contribution < 1.29 is 18.7 Å². The molecule has 2 saturated heterocycles. The number of nitrogens with zero attached hydrogens (tertiary/aromatic N) is 1. The van der Waals surface area contributed by atoms with Crippen LogP contribution in [0.2, 0.25) is 0 Å². The topological polar surface area (TPSA) is 50.8 Å². The highest BCUT2D eigenvalue weighted by Crippen LogP contribution is 2.31. The van der Waals surface area contributed by atoms with E-state index in [9.17, 15) is 9.18 Å². The summed E-state index contributed by atoms with van der Waals surface area (Å²) in [6.45, 7) is 3.11. The van der Waals surface area contributed by atoms with Crippen LogP contribution in [0.1, 0.15) is 18.4 Å². The molecule has 1 amide bonds. The molecule has 2 fully saturated rings. The zero-order chi connectivity index (χ0) is 15.4. The van der Waals surface area contributed by atoms with Gasteiger partial charge in [-0.15, -0.1) is 0 Å². The van der Waals surface area contributed by atoms with Crippen LogP contribution in [0.5, 0.6) is 0 Å². The van der Waals surface area contributed by atoms with Crippen molar-refractivity contribution in [2.45, 2.75) is 25.2 Å². The van der Waals surface area contributed by atoms with E-state index in [4.69, 9.17) is 9.47 Å². The average molecular weight is 308 g/mol. The zero-order valence-electron chi connectivity index (χ0n) is 12.5. The van der Waals surface area contributed by atoms with Gasteiger partial charge in [0.15, 0.2) is 5.79 Å². The number of benzene rings is 1. The Labute approximate surface area is 129 Å². The molecule has 1 aromatic rings. The van der Waals surface area contributed by atoms with Crippen LogP contribution < -0.4 is 5.32 Å². The van der Waals surface area contributed by atoms with Gasteiger partial charge in [0.2, 0.25) is 5.91 Å². The third-order valence-electron chi connectivity index (χ3n) is 4.24. The van der Waals surface area contributed by atoms with E-state index in [1.165, 1.54) is 6.07 Å². The summed E-state index contributed by atoms with van der Waals surface area (Å²) in [5.74, 6) is -0.681. The van der Waals surface area contributed by atoms with E-state index in [0.29, 0.717) is 51.3 Å². The maximum atomic E-state index is 13.5. The Bertz CT molecular complexity index is 522. The molecule has 22 heavy (non-hydrogen) atoms. The molecular formula is C16H21FN2O3. The second-order valence-electron chi connectivity index (χ2n) is 5.68. The normalized spacial score (nSPS) is 20.5. The van der Waals surface area contributed by atoms with Gasteiger partial charge >= 0.3 is 0 Å². The second kappa shape index (κ2) is 6.73. The molecule has 3 rings (SSSR count). The van der Waals surface area contributed by atoms with Gasteiger partial charge in [-0.1, -0.05) is 18.2 Å². The monoisotopic (exact) mass is 308 g/mol. The lowest BCUT2D eigenvalue weighted by Crippen LogP contribution is -2.49. The Balaban J connectivity index is 1.42. The smallest absolute Gasteiger partial charge is 0.236 e. The molecule has 2 heterocycles. The maximum absolute atomic E-state index is 13.5. The molecular weight excluding hydrogens is 287 g/mol. The first-order valence-electron chi connectivity index (χ1n) is 7.68. The van der Waals surface area contributed by atoms with E-state index in [1.54, 1.807) is 18.2 Å². The van der Waals surface area contributed by atoms with Crippen LogP contribution in [0, 0.1) is 5.82 Å².